The maximum Gasteiger partial charge on any atom is 0.290 e. The second-order valence-electron chi connectivity index (χ2n) is 7.28. The summed E-state index contributed by atoms with van der Waals surface area (Å²) in [5.74, 6) is -0.753. The minimum atomic E-state index is -0.533. The summed E-state index contributed by atoms with van der Waals surface area (Å²) >= 11 is 0. The van der Waals surface area contributed by atoms with E-state index in [9.17, 15) is 14.0 Å². The number of rotatable bonds is 5. The van der Waals surface area contributed by atoms with E-state index in [-0.39, 0.29) is 28.1 Å². The van der Waals surface area contributed by atoms with Gasteiger partial charge in [0.1, 0.15) is 11.4 Å². The lowest BCUT2D eigenvalue weighted by atomic mass is 9.98. The second-order valence-corrected chi connectivity index (χ2v) is 7.28. The largest absolute Gasteiger partial charge is 0.450 e. The first-order valence-electron chi connectivity index (χ1n) is 9.24. The highest BCUT2D eigenvalue weighted by molar-refractivity contribution is 5.99. The molecule has 144 valence electrons. The molecule has 1 unspecified atom stereocenters. The topological polar surface area (TPSA) is 53.8 Å². The number of benzene rings is 2. The Kier molecular flexibility index (Phi) is 4.73. The predicted molar refractivity (Wildman–Crippen MR) is 105 cm³/mol. The SMILES string of the molecule is CN(C)CCCN1C(=O)c2oc3ccc(F)cc3c(=O)c2C1c1ccccc1. The fourth-order valence-electron chi connectivity index (χ4n) is 3.76. The number of hydrogen-bond donors (Lipinski definition) is 0. The normalized spacial score (nSPS) is 16.2. The molecule has 6 heteroatoms. The lowest BCUT2D eigenvalue weighted by Crippen LogP contribution is -2.32. The first kappa shape index (κ1) is 18.4. The molecule has 1 amide bonds. The van der Waals surface area contributed by atoms with E-state index in [1.165, 1.54) is 18.2 Å². The Bertz CT molecular complexity index is 1090. The van der Waals surface area contributed by atoms with Gasteiger partial charge in [-0.25, -0.2) is 4.39 Å². The van der Waals surface area contributed by atoms with Crippen LogP contribution in [0.1, 0.15) is 34.1 Å². The van der Waals surface area contributed by atoms with Gasteiger partial charge in [0, 0.05) is 6.54 Å². The van der Waals surface area contributed by atoms with Crippen molar-refractivity contribution in [3.8, 4) is 0 Å². The van der Waals surface area contributed by atoms with Gasteiger partial charge in [0.2, 0.25) is 5.76 Å². The summed E-state index contributed by atoms with van der Waals surface area (Å²) in [4.78, 5) is 30.1. The molecule has 0 saturated heterocycles. The van der Waals surface area contributed by atoms with Crippen molar-refractivity contribution in [1.82, 2.24) is 9.80 Å². The molecule has 0 radical (unpaired) electrons. The predicted octanol–water partition coefficient (Wildman–Crippen LogP) is 3.43. The third kappa shape index (κ3) is 3.10. The summed E-state index contributed by atoms with van der Waals surface area (Å²) in [7, 11) is 3.95. The Morgan fingerprint density at radius 2 is 1.86 bits per heavy atom. The van der Waals surface area contributed by atoms with Crippen LogP contribution in [-0.4, -0.2) is 42.9 Å². The zero-order chi connectivity index (χ0) is 19.8. The molecule has 0 N–H and O–H groups in total. The maximum absolute atomic E-state index is 13.7. The Hall–Kier alpha value is -2.99. The van der Waals surface area contributed by atoms with Gasteiger partial charge >= 0.3 is 0 Å². The Balaban J connectivity index is 1.88. The molecular formula is C22H21FN2O3. The van der Waals surface area contributed by atoms with Gasteiger partial charge in [0.15, 0.2) is 5.43 Å². The number of amides is 1. The number of hydrogen-bond acceptors (Lipinski definition) is 4. The van der Waals surface area contributed by atoms with Crippen LogP contribution in [-0.2, 0) is 0 Å². The maximum atomic E-state index is 13.7. The van der Waals surface area contributed by atoms with Gasteiger partial charge in [-0.3, -0.25) is 9.59 Å². The number of carbonyl (C=O) groups is 1. The van der Waals surface area contributed by atoms with Crippen molar-refractivity contribution in [3.63, 3.8) is 0 Å². The summed E-state index contributed by atoms with van der Waals surface area (Å²) in [6.45, 7) is 1.31. The number of carbonyl (C=O) groups excluding carboxylic acids is 1. The minimum absolute atomic E-state index is 0.0582. The molecule has 1 aliphatic rings. The monoisotopic (exact) mass is 380 g/mol. The second kappa shape index (κ2) is 7.20. The van der Waals surface area contributed by atoms with E-state index < -0.39 is 11.9 Å². The molecule has 2 aromatic carbocycles. The standard InChI is InChI=1S/C22H21FN2O3/c1-24(2)11-6-12-25-19(14-7-4-3-5-8-14)18-20(26)16-13-15(23)9-10-17(16)28-21(18)22(25)27/h3-5,7-10,13,19H,6,11-12H2,1-2H3. The molecule has 28 heavy (non-hydrogen) atoms. The van der Waals surface area contributed by atoms with Crippen molar-refractivity contribution >= 4 is 16.9 Å². The average Bonchev–Trinajstić information content (AvgIpc) is 2.95. The average molecular weight is 380 g/mol. The van der Waals surface area contributed by atoms with Gasteiger partial charge in [-0.1, -0.05) is 30.3 Å². The van der Waals surface area contributed by atoms with Crippen molar-refractivity contribution in [2.24, 2.45) is 0 Å². The minimum Gasteiger partial charge on any atom is -0.450 e. The summed E-state index contributed by atoms with van der Waals surface area (Å²) in [6.07, 6.45) is 0.762. The summed E-state index contributed by atoms with van der Waals surface area (Å²) in [6, 6.07) is 12.7. The molecule has 1 aromatic heterocycles. The van der Waals surface area contributed by atoms with Crippen LogP contribution in [0.15, 0.2) is 57.7 Å². The van der Waals surface area contributed by atoms with Crippen LogP contribution in [0.4, 0.5) is 4.39 Å². The molecule has 0 saturated carbocycles. The van der Waals surface area contributed by atoms with Gasteiger partial charge in [-0.15, -0.1) is 0 Å². The zero-order valence-corrected chi connectivity index (χ0v) is 15.8. The summed E-state index contributed by atoms with van der Waals surface area (Å²) in [5, 5.41) is 0.155. The van der Waals surface area contributed by atoms with Crippen molar-refractivity contribution in [3.05, 3.63) is 81.5 Å². The highest BCUT2D eigenvalue weighted by atomic mass is 19.1. The first-order chi connectivity index (χ1) is 13.5. The lowest BCUT2D eigenvalue weighted by molar-refractivity contribution is 0.0722. The quantitative estimate of drug-likeness (QED) is 0.681. The van der Waals surface area contributed by atoms with Crippen LogP contribution >= 0.6 is 0 Å². The molecule has 0 spiro atoms. The number of fused-ring (bicyclic) bond motifs is 2. The van der Waals surface area contributed by atoms with E-state index >= 15 is 0 Å². The van der Waals surface area contributed by atoms with Crippen molar-refractivity contribution in [2.75, 3.05) is 27.2 Å². The van der Waals surface area contributed by atoms with Gasteiger partial charge in [0.05, 0.1) is 17.0 Å². The van der Waals surface area contributed by atoms with E-state index in [4.69, 9.17) is 4.42 Å². The molecule has 1 atom stereocenters. The number of nitrogens with zero attached hydrogens (tertiary/aromatic N) is 2. The molecule has 0 bridgehead atoms. The van der Waals surface area contributed by atoms with E-state index in [0.29, 0.717) is 12.1 Å². The van der Waals surface area contributed by atoms with Crippen molar-refractivity contribution in [2.45, 2.75) is 12.5 Å². The Morgan fingerprint density at radius 1 is 1.11 bits per heavy atom. The van der Waals surface area contributed by atoms with Crippen LogP contribution < -0.4 is 5.43 Å². The van der Waals surface area contributed by atoms with E-state index in [1.54, 1.807) is 4.90 Å². The van der Waals surface area contributed by atoms with E-state index in [0.717, 1.165) is 18.5 Å². The van der Waals surface area contributed by atoms with E-state index in [2.05, 4.69) is 0 Å². The van der Waals surface area contributed by atoms with Gasteiger partial charge in [-0.05, 0) is 50.8 Å². The molecule has 0 aliphatic carbocycles. The third-order valence-electron chi connectivity index (χ3n) is 5.05. The van der Waals surface area contributed by atoms with Crippen LogP contribution in [0.25, 0.3) is 11.0 Å². The molecule has 2 heterocycles. The fraction of sp³-hybridized carbons (Fsp3) is 0.273. The Labute approximate surface area is 162 Å². The van der Waals surface area contributed by atoms with Gasteiger partial charge in [-0.2, -0.15) is 0 Å². The molecular weight excluding hydrogens is 359 g/mol. The van der Waals surface area contributed by atoms with Crippen LogP contribution in [0, 0.1) is 5.82 Å². The highest BCUT2D eigenvalue weighted by Crippen LogP contribution is 2.38. The van der Waals surface area contributed by atoms with E-state index in [1.807, 2.05) is 49.3 Å². The number of halogens is 1. The molecule has 4 rings (SSSR count). The van der Waals surface area contributed by atoms with Crippen LogP contribution in [0.5, 0.6) is 0 Å². The molecule has 5 nitrogen and oxygen atoms in total. The fourth-order valence-corrected chi connectivity index (χ4v) is 3.76. The molecule has 1 aliphatic heterocycles. The van der Waals surface area contributed by atoms with Crippen molar-refractivity contribution in [1.29, 1.82) is 0 Å². The van der Waals surface area contributed by atoms with Crippen LogP contribution in [0.2, 0.25) is 0 Å². The summed E-state index contributed by atoms with van der Waals surface area (Å²) in [5.41, 5.74) is 0.996. The van der Waals surface area contributed by atoms with Crippen molar-refractivity contribution < 1.29 is 13.6 Å². The third-order valence-corrected chi connectivity index (χ3v) is 5.05. The Morgan fingerprint density at radius 3 is 2.57 bits per heavy atom. The first-order valence-corrected chi connectivity index (χ1v) is 9.24. The van der Waals surface area contributed by atoms with Gasteiger partial charge < -0.3 is 14.2 Å². The smallest absolute Gasteiger partial charge is 0.290 e. The summed E-state index contributed by atoms with van der Waals surface area (Å²) < 4.78 is 19.5. The van der Waals surface area contributed by atoms with Crippen LogP contribution in [0.3, 0.4) is 0 Å². The highest BCUT2D eigenvalue weighted by Gasteiger charge is 2.42. The molecule has 0 fully saturated rings. The zero-order valence-electron chi connectivity index (χ0n) is 15.8. The molecule has 3 aromatic rings. The lowest BCUT2D eigenvalue weighted by Gasteiger charge is -2.25. The van der Waals surface area contributed by atoms with Gasteiger partial charge in [0.25, 0.3) is 5.91 Å².